The maximum absolute atomic E-state index is 12.1. The first kappa shape index (κ1) is 11.8. The third-order valence-corrected chi connectivity index (χ3v) is 3.83. The van der Waals surface area contributed by atoms with Crippen molar-refractivity contribution in [2.24, 2.45) is 11.7 Å². The fraction of sp³-hybridized carbons (Fsp3) is 0.462. The number of ketones is 1. The van der Waals surface area contributed by atoms with Gasteiger partial charge in [0, 0.05) is 10.9 Å². The first-order chi connectivity index (χ1) is 7.50. The molecule has 1 saturated carbocycles. The molecule has 0 aromatic heterocycles. The Morgan fingerprint density at radius 3 is 2.50 bits per heavy atom. The number of halogens is 1. The van der Waals surface area contributed by atoms with Crippen LogP contribution in [-0.4, -0.2) is 11.3 Å². The summed E-state index contributed by atoms with van der Waals surface area (Å²) in [6.45, 7) is 1.87. The molecule has 0 heterocycles. The molecule has 0 amide bonds. The number of nitrogens with two attached hydrogens (primary N) is 1. The highest BCUT2D eigenvalue weighted by Crippen LogP contribution is 2.38. The van der Waals surface area contributed by atoms with Crippen LogP contribution < -0.4 is 5.73 Å². The number of hydrogen-bond acceptors (Lipinski definition) is 2. The molecule has 1 aliphatic carbocycles. The van der Waals surface area contributed by atoms with Crippen molar-refractivity contribution in [3.05, 3.63) is 34.3 Å². The topological polar surface area (TPSA) is 43.1 Å². The summed E-state index contributed by atoms with van der Waals surface area (Å²) >= 11 is 3.37. The molecular weight excluding hydrogens is 266 g/mol. The molecule has 0 aliphatic heterocycles. The van der Waals surface area contributed by atoms with Crippen molar-refractivity contribution in [1.82, 2.24) is 0 Å². The van der Waals surface area contributed by atoms with Gasteiger partial charge in [-0.3, -0.25) is 4.79 Å². The third kappa shape index (κ3) is 2.53. The maximum atomic E-state index is 12.1. The standard InChI is InChI=1S/C13H16BrNO/c1-13(15,10-4-5-10)12(16)8-9-2-6-11(14)7-3-9/h2-3,6-7,10H,4-5,8,15H2,1H3. The van der Waals surface area contributed by atoms with Crippen LogP contribution in [0.15, 0.2) is 28.7 Å². The summed E-state index contributed by atoms with van der Waals surface area (Å²) in [4.78, 5) is 12.1. The minimum absolute atomic E-state index is 0.150. The van der Waals surface area contributed by atoms with E-state index in [4.69, 9.17) is 5.73 Å². The zero-order valence-electron chi connectivity index (χ0n) is 9.37. The first-order valence-electron chi connectivity index (χ1n) is 5.57. The van der Waals surface area contributed by atoms with Crippen LogP contribution in [-0.2, 0) is 11.2 Å². The van der Waals surface area contributed by atoms with Crippen LogP contribution in [0, 0.1) is 5.92 Å². The number of hydrogen-bond donors (Lipinski definition) is 1. The van der Waals surface area contributed by atoms with Gasteiger partial charge in [-0.05, 0) is 43.4 Å². The number of rotatable bonds is 4. The van der Waals surface area contributed by atoms with Crippen molar-refractivity contribution in [3.8, 4) is 0 Å². The smallest absolute Gasteiger partial charge is 0.156 e. The van der Waals surface area contributed by atoms with Gasteiger partial charge in [0.05, 0.1) is 5.54 Å². The molecule has 1 aliphatic rings. The van der Waals surface area contributed by atoms with E-state index in [2.05, 4.69) is 15.9 Å². The van der Waals surface area contributed by atoms with Crippen LogP contribution in [0.4, 0.5) is 0 Å². The van der Waals surface area contributed by atoms with E-state index in [1.54, 1.807) is 0 Å². The molecular formula is C13H16BrNO. The Hall–Kier alpha value is -0.670. The van der Waals surface area contributed by atoms with Gasteiger partial charge in [0.1, 0.15) is 0 Å². The molecule has 0 saturated heterocycles. The zero-order valence-corrected chi connectivity index (χ0v) is 11.0. The highest BCUT2D eigenvalue weighted by atomic mass is 79.9. The van der Waals surface area contributed by atoms with Crippen LogP contribution in [0.25, 0.3) is 0 Å². The van der Waals surface area contributed by atoms with Gasteiger partial charge < -0.3 is 5.73 Å². The molecule has 2 nitrogen and oxygen atoms in total. The van der Waals surface area contributed by atoms with Crippen LogP contribution in [0.3, 0.4) is 0 Å². The van der Waals surface area contributed by atoms with Gasteiger partial charge in [-0.15, -0.1) is 0 Å². The Labute approximate surface area is 104 Å². The molecule has 86 valence electrons. The van der Waals surface area contributed by atoms with E-state index in [9.17, 15) is 4.79 Å². The van der Waals surface area contributed by atoms with Gasteiger partial charge in [0.2, 0.25) is 0 Å². The Balaban J connectivity index is 2.04. The van der Waals surface area contributed by atoms with Crippen molar-refractivity contribution < 1.29 is 4.79 Å². The number of benzene rings is 1. The molecule has 3 heteroatoms. The van der Waals surface area contributed by atoms with Crippen LogP contribution in [0.1, 0.15) is 25.3 Å². The van der Waals surface area contributed by atoms with Gasteiger partial charge in [-0.2, -0.15) is 0 Å². The third-order valence-electron chi connectivity index (χ3n) is 3.30. The van der Waals surface area contributed by atoms with Gasteiger partial charge in [-0.1, -0.05) is 28.1 Å². The van der Waals surface area contributed by atoms with Crippen molar-refractivity contribution in [1.29, 1.82) is 0 Å². The second-order valence-electron chi connectivity index (χ2n) is 4.78. The molecule has 2 rings (SSSR count). The van der Waals surface area contributed by atoms with E-state index in [1.165, 1.54) is 0 Å². The highest BCUT2D eigenvalue weighted by Gasteiger charge is 2.43. The molecule has 1 atom stereocenters. The zero-order chi connectivity index (χ0) is 11.8. The van der Waals surface area contributed by atoms with Crippen molar-refractivity contribution in [3.63, 3.8) is 0 Å². The Morgan fingerprint density at radius 1 is 1.44 bits per heavy atom. The minimum Gasteiger partial charge on any atom is -0.319 e. The largest absolute Gasteiger partial charge is 0.319 e. The van der Waals surface area contributed by atoms with E-state index in [1.807, 2.05) is 31.2 Å². The van der Waals surface area contributed by atoms with Crippen molar-refractivity contribution in [2.45, 2.75) is 31.7 Å². The first-order valence-corrected chi connectivity index (χ1v) is 6.36. The lowest BCUT2D eigenvalue weighted by molar-refractivity contribution is -0.123. The molecule has 0 radical (unpaired) electrons. The van der Waals surface area contributed by atoms with Gasteiger partial charge in [0.15, 0.2) is 5.78 Å². The minimum atomic E-state index is -0.632. The highest BCUT2D eigenvalue weighted by molar-refractivity contribution is 9.10. The number of carbonyl (C=O) groups excluding carboxylic acids is 1. The molecule has 16 heavy (non-hydrogen) atoms. The average molecular weight is 282 g/mol. The van der Waals surface area contributed by atoms with Crippen LogP contribution in [0.2, 0.25) is 0 Å². The average Bonchev–Trinajstić information content (AvgIpc) is 3.05. The quantitative estimate of drug-likeness (QED) is 0.922. The summed E-state index contributed by atoms with van der Waals surface area (Å²) in [6, 6.07) is 7.83. The van der Waals surface area contributed by atoms with Gasteiger partial charge in [-0.25, -0.2) is 0 Å². The normalized spacial score (nSPS) is 19.2. The monoisotopic (exact) mass is 281 g/mol. The second kappa shape index (κ2) is 4.30. The summed E-state index contributed by atoms with van der Waals surface area (Å²) in [5.41, 5.74) is 6.49. The Morgan fingerprint density at radius 2 is 2.00 bits per heavy atom. The van der Waals surface area contributed by atoms with Gasteiger partial charge >= 0.3 is 0 Å². The number of Topliss-reactive ketones (excluding diaryl/α,β-unsaturated/α-hetero) is 1. The lowest BCUT2D eigenvalue weighted by atomic mass is 9.88. The van der Waals surface area contributed by atoms with E-state index < -0.39 is 5.54 Å². The molecule has 2 N–H and O–H groups in total. The van der Waals surface area contributed by atoms with E-state index in [0.29, 0.717) is 12.3 Å². The van der Waals surface area contributed by atoms with Crippen LogP contribution >= 0.6 is 15.9 Å². The maximum Gasteiger partial charge on any atom is 0.156 e. The Kier molecular flexibility index (Phi) is 3.17. The predicted octanol–water partition coefficient (Wildman–Crippen LogP) is 2.69. The van der Waals surface area contributed by atoms with E-state index >= 15 is 0 Å². The summed E-state index contributed by atoms with van der Waals surface area (Å²) in [5.74, 6) is 0.549. The fourth-order valence-corrected chi connectivity index (χ4v) is 2.15. The van der Waals surface area contributed by atoms with Crippen molar-refractivity contribution >= 4 is 21.7 Å². The van der Waals surface area contributed by atoms with Crippen molar-refractivity contribution in [2.75, 3.05) is 0 Å². The second-order valence-corrected chi connectivity index (χ2v) is 5.70. The fourth-order valence-electron chi connectivity index (χ4n) is 1.89. The summed E-state index contributed by atoms with van der Waals surface area (Å²) in [5, 5.41) is 0. The molecule has 0 bridgehead atoms. The van der Waals surface area contributed by atoms with E-state index in [0.717, 1.165) is 22.9 Å². The Bertz CT molecular complexity index is 393. The van der Waals surface area contributed by atoms with Crippen LogP contribution in [0.5, 0.6) is 0 Å². The molecule has 1 fully saturated rings. The van der Waals surface area contributed by atoms with Gasteiger partial charge in [0.25, 0.3) is 0 Å². The van der Waals surface area contributed by atoms with E-state index in [-0.39, 0.29) is 5.78 Å². The lowest BCUT2D eigenvalue weighted by Crippen LogP contribution is -2.47. The molecule has 1 aromatic rings. The lowest BCUT2D eigenvalue weighted by Gasteiger charge is -2.22. The molecule has 0 spiro atoms. The summed E-state index contributed by atoms with van der Waals surface area (Å²) in [7, 11) is 0. The molecule has 1 aromatic carbocycles. The number of carbonyl (C=O) groups is 1. The SMILES string of the molecule is CC(N)(C(=O)Cc1ccc(Br)cc1)C1CC1. The summed E-state index contributed by atoms with van der Waals surface area (Å²) < 4.78 is 1.03. The predicted molar refractivity (Wildman–Crippen MR) is 68.2 cm³/mol. The molecule has 1 unspecified atom stereocenters. The summed E-state index contributed by atoms with van der Waals surface area (Å²) in [6.07, 6.45) is 2.63.